The highest BCUT2D eigenvalue weighted by atomic mass is 32.1. The SMILES string of the molecule is Cc1cc(C(O)CCc2sc(-c3ccc(C(F)(F)F)cc3)cc2C(C)C)ccc1OC(C)(C)CO. The van der Waals surface area contributed by atoms with Gasteiger partial charge in [0.2, 0.25) is 0 Å². The number of hydrogen-bond donors (Lipinski definition) is 2. The smallest absolute Gasteiger partial charge is 0.416 e. The first-order chi connectivity index (χ1) is 16.3. The summed E-state index contributed by atoms with van der Waals surface area (Å²) in [5, 5.41) is 20.3. The number of aliphatic hydroxyl groups excluding tert-OH is 2. The summed E-state index contributed by atoms with van der Waals surface area (Å²) in [6.45, 7) is 9.60. The number of aryl methyl sites for hydroxylation is 2. The van der Waals surface area contributed by atoms with Gasteiger partial charge in [0.15, 0.2) is 0 Å². The Morgan fingerprint density at radius 2 is 1.66 bits per heavy atom. The van der Waals surface area contributed by atoms with E-state index in [0.717, 1.165) is 44.1 Å². The lowest BCUT2D eigenvalue weighted by molar-refractivity contribution is -0.137. The third kappa shape index (κ3) is 6.87. The van der Waals surface area contributed by atoms with E-state index in [1.54, 1.807) is 11.3 Å². The summed E-state index contributed by atoms with van der Waals surface area (Å²) in [6.07, 6.45) is -3.83. The number of hydrogen-bond acceptors (Lipinski definition) is 4. The Labute approximate surface area is 209 Å². The second kappa shape index (κ2) is 10.7. The topological polar surface area (TPSA) is 49.7 Å². The lowest BCUT2D eigenvalue weighted by atomic mass is 9.97. The molecule has 0 fully saturated rings. The molecule has 3 aromatic rings. The van der Waals surface area contributed by atoms with Crippen molar-refractivity contribution in [1.82, 2.24) is 0 Å². The number of alkyl halides is 3. The van der Waals surface area contributed by atoms with Gasteiger partial charge in [-0.15, -0.1) is 11.3 Å². The van der Waals surface area contributed by atoms with Gasteiger partial charge in [-0.05, 0) is 92.1 Å². The van der Waals surface area contributed by atoms with E-state index in [1.165, 1.54) is 12.1 Å². The quantitative estimate of drug-likeness (QED) is 0.313. The highest BCUT2D eigenvalue weighted by Gasteiger charge is 2.30. The van der Waals surface area contributed by atoms with Gasteiger partial charge in [-0.2, -0.15) is 13.2 Å². The molecule has 0 saturated heterocycles. The summed E-state index contributed by atoms with van der Waals surface area (Å²) in [6, 6.07) is 12.9. The molecule has 3 rings (SSSR count). The molecule has 3 nitrogen and oxygen atoms in total. The van der Waals surface area contributed by atoms with Crippen LogP contribution in [0.1, 0.15) is 73.3 Å². The molecule has 0 aliphatic heterocycles. The van der Waals surface area contributed by atoms with Gasteiger partial charge in [0.05, 0.1) is 18.3 Å². The second-order valence-electron chi connectivity index (χ2n) is 9.82. The van der Waals surface area contributed by atoms with E-state index in [9.17, 15) is 23.4 Å². The van der Waals surface area contributed by atoms with Crippen molar-refractivity contribution in [2.24, 2.45) is 0 Å². The monoisotopic (exact) mass is 506 g/mol. The third-order valence-corrected chi connectivity index (χ3v) is 7.22. The molecule has 1 atom stereocenters. The zero-order chi connectivity index (χ0) is 26.0. The van der Waals surface area contributed by atoms with E-state index in [0.29, 0.717) is 18.6 Å². The molecule has 0 aliphatic rings. The Morgan fingerprint density at radius 3 is 2.20 bits per heavy atom. The third-order valence-electron chi connectivity index (χ3n) is 5.96. The van der Waals surface area contributed by atoms with Gasteiger partial charge in [0.25, 0.3) is 0 Å². The van der Waals surface area contributed by atoms with Crippen LogP contribution in [0.2, 0.25) is 0 Å². The second-order valence-corrected chi connectivity index (χ2v) is 11.0. The number of halogens is 3. The fourth-order valence-corrected chi connectivity index (χ4v) is 5.19. The number of benzene rings is 2. The van der Waals surface area contributed by atoms with Crippen molar-refractivity contribution in [2.45, 2.75) is 71.3 Å². The fourth-order valence-electron chi connectivity index (χ4n) is 3.85. The highest BCUT2D eigenvalue weighted by molar-refractivity contribution is 7.15. The Kier molecular flexibility index (Phi) is 8.35. The molecule has 2 N–H and O–H groups in total. The van der Waals surface area contributed by atoms with E-state index in [1.807, 2.05) is 39.0 Å². The molecule has 0 bridgehead atoms. The number of aliphatic hydroxyl groups is 2. The van der Waals surface area contributed by atoms with Crippen LogP contribution in [0.4, 0.5) is 13.2 Å². The van der Waals surface area contributed by atoms with Crippen molar-refractivity contribution in [3.8, 4) is 16.2 Å². The maximum Gasteiger partial charge on any atom is 0.416 e. The zero-order valence-corrected chi connectivity index (χ0v) is 21.6. The van der Waals surface area contributed by atoms with Crippen molar-refractivity contribution in [1.29, 1.82) is 0 Å². The molecule has 0 radical (unpaired) electrons. The molecular weight excluding hydrogens is 473 g/mol. The van der Waals surface area contributed by atoms with Crippen LogP contribution in [0, 0.1) is 6.92 Å². The van der Waals surface area contributed by atoms with Gasteiger partial charge < -0.3 is 14.9 Å². The molecule has 190 valence electrons. The molecule has 35 heavy (non-hydrogen) atoms. The highest BCUT2D eigenvalue weighted by Crippen LogP contribution is 2.38. The van der Waals surface area contributed by atoms with Crippen LogP contribution in [0.25, 0.3) is 10.4 Å². The zero-order valence-electron chi connectivity index (χ0n) is 20.7. The molecule has 1 unspecified atom stereocenters. The predicted molar refractivity (Wildman–Crippen MR) is 135 cm³/mol. The summed E-state index contributed by atoms with van der Waals surface area (Å²) >= 11 is 1.57. The predicted octanol–water partition coefficient (Wildman–Crippen LogP) is 7.68. The van der Waals surface area contributed by atoms with Gasteiger partial charge in [-0.3, -0.25) is 0 Å². The van der Waals surface area contributed by atoms with Crippen LogP contribution < -0.4 is 4.74 Å². The van der Waals surface area contributed by atoms with E-state index >= 15 is 0 Å². The van der Waals surface area contributed by atoms with Crippen LogP contribution in [0.5, 0.6) is 5.75 Å². The van der Waals surface area contributed by atoms with Gasteiger partial charge in [0, 0.05) is 9.75 Å². The standard InChI is InChI=1S/C28H33F3O3S/c1-17(2)22-15-26(19-6-9-21(10-7-19)28(29,30)31)35-25(22)13-11-23(33)20-8-12-24(18(3)14-20)34-27(4,5)16-32/h6-10,12,14-15,17,23,32-33H,11,13,16H2,1-5H3. The molecule has 0 amide bonds. The average Bonchev–Trinajstić information content (AvgIpc) is 3.23. The number of ether oxygens (including phenoxy) is 1. The molecule has 0 spiro atoms. The van der Waals surface area contributed by atoms with Crippen molar-refractivity contribution in [3.63, 3.8) is 0 Å². The van der Waals surface area contributed by atoms with Crippen molar-refractivity contribution >= 4 is 11.3 Å². The Balaban J connectivity index is 1.74. The van der Waals surface area contributed by atoms with Crippen LogP contribution >= 0.6 is 11.3 Å². The molecule has 2 aromatic carbocycles. The molecular formula is C28H33F3O3S. The largest absolute Gasteiger partial charge is 0.485 e. The minimum Gasteiger partial charge on any atom is -0.485 e. The maximum absolute atomic E-state index is 12.9. The van der Waals surface area contributed by atoms with Gasteiger partial charge in [-0.25, -0.2) is 0 Å². The first kappa shape index (κ1) is 27.2. The first-order valence-corrected chi connectivity index (χ1v) is 12.5. The summed E-state index contributed by atoms with van der Waals surface area (Å²) in [5.41, 5.74) is 2.24. The molecule has 0 aliphatic carbocycles. The van der Waals surface area contributed by atoms with Crippen molar-refractivity contribution < 1.29 is 28.1 Å². The summed E-state index contributed by atoms with van der Waals surface area (Å²) in [5.74, 6) is 0.927. The van der Waals surface area contributed by atoms with Crippen molar-refractivity contribution in [2.75, 3.05) is 6.61 Å². The van der Waals surface area contributed by atoms with E-state index in [-0.39, 0.29) is 12.5 Å². The summed E-state index contributed by atoms with van der Waals surface area (Å²) in [7, 11) is 0. The van der Waals surface area contributed by atoms with E-state index in [4.69, 9.17) is 4.74 Å². The van der Waals surface area contributed by atoms with Crippen LogP contribution in [0.15, 0.2) is 48.5 Å². The Bertz CT molecular complexity index is 1130. The van der Waals surface area contributed by atoms with Gasteiger partial charge >= 0.3 is 6.18 Å². The van der Waals surface area contributed by atoms with E-state index < -0.39 is 23.4 Å². The molecule has 1 aromatic heterocycles. The number of rotatable bonds is 9. The van der Waals surface area contributed by atoms with E-state index in [2.05, 4.69) is 19.9 Å². The van der Waals surface area contributed by atoms with Crippen LogP contribution in [0.3, 0.4) is 0 Å². The van der Waals surface area contributed by atoms with Crippen LogP contribution in [-0.2, 0) is 12.6 Å². The fraction of sp³-hybridized carbons (Fsp3) is 0.429. The number of thiophene rings is 1. The Hall–Kier alpha value is -2.35. The first-order valence-electron chi connectivity index (χ1n) is 11.7. The summed E-state index contributed by atoms with van der Waals surface area (Å²) in [4.78, 5) is 2.06. The minimum absolute atomic E-state index is 0.107. The molecule has 0 saturated carbocycles. The van der Waals surface area contributed by atoms with Gasteiger partial charge in [-0.1, -0.05) is 32.0 Å². The average molecular weight is 507 g/mol. The molecule has 7 heteroatoms. The normalized spacial score (nSPS) is 13.3. The van der Waals surface area contributed by atoms with Crippen LogP contribution in [-0.4, -0.2) is 22.4 Å². The summed E-state index contributed by atoms with van der Waals surface area (Å²) < 4.78 is 44.6. The van der Waals surface area contributed by atoms with Crippen molar-refractivity contribution in [3.05, 3.63) is 75.7 Å². The Morgan fingerprint density at radius 1 is 1.00 bits per heavy atom. The minimum atomic E-state index is -4.35. The lowest BCUT2D eigenvalue weighted by Gasteiger charge is -2.25. The van der Waals surface area contributed by atoms with Gasteiger partial charge in [0.1, 0.15) is 11.4 Å². The lowest BCUT2D eigenvalue weighted by Crippen LogP contribution is -2.32. The maximum atomic E-state index is 12.9. The molecule has 1 heterocycles.